The molecule has 37 heavy (non-hydrogen) atoms. The van der Waals surface area contributed by atoms with E-state index in [1.165, 1.54) is 6.20 Å². The Morgan fingerprint density at radius 2 is 1.78 bits per heavy atom. The summed E-state index contributed by atoms with van der Waals surface area (Å²) in [6.07, 6.45) is 7.48. The second-order valence-electron chi connectivity index (χ2n) is 8.94. The van der Waals surface area contributed by atoms with Crippen LogP contribution in [0.15, 0.2) is 96.4 Å². The number of nitrogens with zero attached hydrogens (tertiary/aromatic N) is 2. The molecule has 2 atom stereocenters. The average Bonchev–Trinajstić information content (AvgIpc) is 2.93. The number of hydrogen-bond acceptors (Lipinski definition) is 7. The van der Waals surface area contributed by atoms with Crippen LogP contribution in [-0.4, -0.2) is 42.7 Å². The minimum Gasteiger partial charge on any atom is -0.489 e. The average molecular weight is 517 g/mol. The molecule has 4 aromatic rings. The monoisotopic (exact) mass is 516 g/mol. The van der Waals surface area contributed by atoms with E-state index in [1.54, 1.807) is 48.9 Å². The smallest absolute Gasteiger partial charge is 0.261 e. The van der Waals surface area contributed by atoms with Gasteiger partial charge in [0.2, 0.25) is 0 Å². The maximum atomic E-state index is 12.9. The van der Waals surface area contributed by atoms with Crippen LogP contribution in [-0.2, 0) is 16.4 Å². The molecule has 0 amide bonds. The van der Waals surface area contributed by atoms with Crippen LogP contribution >= 0.6 is 0 Å². The van der Waals surface area contributed by atoms with Gasteiger partial charge in [0.25, 0.3) is 10.0 Å². The Balaban J connectivity index is 1.22. The molecule has 3 N–H and O–H groups in total. The van der Waals surface area contributed by atoms with Gasteiger partial charge in [0.05, 0.1) is 22.9 Å². The maximum Gasteiger partial charge on any atom is 0.261 e. The first-order chi connectivity index (χ1) is 18.0. The molecule has 5 rings (SSSR count). The summed E-state index contributed by atoms with van der Waals surface area (Å²) in [7, 11) is -3.74. The molecular weight excluding hydrogens is 488 g/mol. The van der Waals surface area contributed by atoms with E-state index in [0.717, 1.165) is 40.8 Å². The summed E-state index contributed by atoms with van der Waals surface area (Å²) in [6.45, 7) is 1.05. The van der Waals surface area contributed by atoms with E-state index in [9.17, 15) is 13.5 Å². The van der Waals surface area contributed by atoms with Crippen molar-refractivity contribution in [2.75, 3.05) is 17.8 Å². The molecule has 190 valence electrons. The molecule has 2 unspecified atom stereocenters. The second kappa shape index (κ2) is 11.1. The highest BCUT2D eigenvalue weighted by molar-refractivity contribution is 7.92. The summed E-state index contributed by atoms with van der Waals surface area (Å²) in [4.78, 5) is 8.18. The lowest BCUT2D eigenvalue weighted by molar-refractivity contribution is 0.146. The number of aromatic nitrogens is 2. The van der Waals surface area contributed by atoms with E-state index in [1.807, 2.05) is 30.3 Å². The van der Waals surface area contributed by atoms with E-state index in [-0.39, 0.29) is 11.0 Å². The lowest BCUT2D eigenvalue weighted by Gasteiger charge is -2.27. The molecule has 0 radical (unpaired) electrons. The molecule has 8 nitrogen and oxygen atoms in total. The highest BCUT2D eigenvalue weighted by Gasteiger charge is 2.21. The Hall–Kier alpha value is -3.79. The van der Waals surface area contributed by atoms with E-state index < -0.39 is 16.1 Å². The van der Waals surface area contributed by atoms with Gasteiger partial charge in [0.1, 0.15) is 11.9 Å². The lowest BCUT2D eigenvalue weighted by Crippen LogP contribution is -2.36. The molecule has 0 fully saturated rings. The third kappa shape index (κ3) is 6.14. The minimum atomic E-state index is -3.74. The number of nitrogens with one attached hydrogen (secondary N) is 2. The molecule has 1 aliphatic heterocycles. The van der Waals surface area contributed by atoms with E-state index >= 15 is 0 Å². The van der Waals surface area contributed by atoms with Gasteiger partial charge in [-0.2, -0.15) is 0 Å². The van der Waals surface area contributed by atoms with E-state index in [0.29, 0.717) is 18.8 Å². The number of ether oxygens (including phenoxy) is 1. The van der Waals surface area contributed by atoms with Crippen LogP contribution in [0, 0.1) is 0 Å². The van der Waals surface area contributed by atoms with Gasteiger partial charge < -0.3 is 15.2 Å². The zero-order valence-electron chi connectivity index (χ0n) is 20.1. The van der Waals surface area contributed by atoms with Crippen LogP contribution in [0.1, 0.15) is 23.7 Å². The van der Waals surface area contributed by atoms with Gasteiger partial charge in [0, 0.05) is 37.2 Å². The van der Waals surface area contributed by atoms with E-state index in [2.05, 4.69) is 26.1 Å². The van der Waals surface area contributed by atoms with Crippen LogP contribution < -0.4 is 14.8 Å². The van der Waals surface area contributed by atoms with Crippen LogP contribution in [0.5, 0.6) is 5.75 Å². The van der Waals surface area contributed by atoms with E-state index in [4.69, 9.17) is 4.74 Å². The number of pyridine rings is 2. The molecule has 1 aliphatic rings. The topological polar surface area (TPSA) is 113 Å². The molecule has 2 aromatic carbocycles. The number of aryl methyl sites for hydroxylation is 1. The molecule has 3 heterocycles. The van der Waals surface area contributed by atoms with Gasteiger partial charge in [-0.1, -0.05) is 24.3 Å². The van der Waals surface area contributed by atoms with Crippen LogP contribution in [0.3, 0.4) is 0 Å². The van der Waals surface area contributed by atoms with Crippen molar-refractivity contribution < 1.29 is 18.3 Å². The quantitative estimate of drug-likeness (QED) is 0.309. The molecule has 0 saturated heterocycles. The zero-order chi connectivity index (χ0) is 25.7. The molecule has 0 spiro atoms. The van der Waals surface area contributed by atoms with Crippen molar-refractivity contribution in [3.63, 3.8) is 0 Å². The molecular formula is C28H28N4O4S. The summed E-state index contributed by atoms with van der Waals surface area (Å²) in [6, 6.07) is 19.8. The molecule has 0 bridgehead atoms. The maximum absolute atomic E-state index is 12.9. The van der Waals surface area contributed by atoms with Crippen molar-refractivity contribution in [1.29, 1.82) is 0 Å². The Bertz CT molecular complexity index is 1450. The van der Waals surface area contributed by atoms with Crippen molar-refractivity contribution in [1.82, 2.24) is 15.3 Å². The number of fused-ring (bicyclic) bond motifs is 1. The fourth-order valence-corrected chi connectivity index (χ4v) is 5.41. The predicted molar refractivity (Wildman–Crippen MR) is 142 cm³/mol. The highest BCUT2D eigenvalue weighted by Crippen LogP contribution is 2.33. The Morgan fingerprint density at radius 3 is 2.57 bits per heavy atom. The van der Waals surface area contributed by atoms with Crippen LogP contribution in [0.25, 0.3) is 11.1 Å². The summed E-state index contributed by atoms with van der Waals surface area (Å²) in [5, 5.41) is 13.6. The van der Waals surface area contributed by atoms with Crippen molar-refractivity contribution in [2.45, 2.75) is 29.9 Å². The fourth-order valence-electron chi connectivity index (χ4n) is 4.32. The summed E-state index contributed by atoms with van der Waals surface area (Å²) >= 11 is 0. The SMILES string of the molecule is O=S(=O)(Nc1cccnc1)c1cccc(-c2ccc3c(c2)CCC(CNCC(O)c2cccnc2)O3)c1. The number of rotatable bonds is 9. The number of anilines is 1. The minimum absolute atomic E-state index is 0.00599. The van der Waals surface area contributed by atoms with Crippen molar-refractivity contribution >= 4 is 15.7 Å². The van der Waals surface area contributed by atoms with Gasteiger partial charge in [-0.15, -0.1) is 0 Å². The number of benzene rings is 2. The Morgan fingerprint density at radius 1 is 0.973 bits per heavy atom. The number of hydrogen-bond donors (Lipinski definition) is 3. The summed E-state index contributed by atoms with van der Waals surface area (Å²) < 4.78 is 34.5. The van der Waals surface area contributed by atoms with Gasteiger partial charge >= 0.3 is 0 Å². The molecule has 0 saturated carbocycles. The van der Waals surface area contributed by atoms with Crippen LogP contribution in [0.4, 0.5) is 5.69 Å². The fraction of sp³-hybridized carbons (Fsp3) is 0.214. The summed E-state index contributed by atoms with van der Waals surface area (Å²) in [5.41, 5.74) is 4.02. The Kier molecular flexibility index (Phi) is 7.45. The van der Waals surface area contributed by atoms with Gasteiger partial charge in [0.15, 0.2) is 0 Å². The first-order valence-electron chi connectivity index (χ1n) is 12.1. The van der Waals surface area contributed by atoms with Crippen molar-refractivity contribution in [3.05, 3.63) is 103 Å². The first-order valence-corrected chi connectivity index (χ1v) is 13.6. The highest BCUT2D eigenvalue weighted by atomic mass is 32.2. The second-order valence-corrected chi connectivity index (χ2v) is 10.6. The van der Waals surface area contributed by atoms with Gasteiger partial charge in [-0.05, 0) is 72.0 Å². The third-order valence-corrected chi connectivity index (χ3v) is 7.64. The van der Waals surface area contributed by atoms with Crippen molar-refractivity contribution in [3.8, 4) is 16.9 Å². The van der Waals surface area contributed by atoms with Crippen molar-refractivity contribution in [2.24, 2.45) is 0 Å². The Labute approximate surface area is 216 Å². The molecule has 2 aromatic heterocycles. The lowest BCUT2D eigenvalue weighted by atomic mass is 9.97. The number of sulfonamides is 1. The van der Waals surface area contributed by atoms with Crippen LogP contribution in [0.2, 0.25) is 0 Å². The predicted octanol–water partition coefficient (Wildman–Crippen LogP) is 3.96. The number of aliphatic hydroxyl groups excluding tert-OH is 1. The first kappa shape index (κ1) is 24.9. The largest absolute Gasteiger partial charge is 0.489 e. The summed E-state index contributed by atoms with van der Waals surface area (Å²) in [5.74, 6) is 0.830. The number of aliphatic hydroxyl groups is 1. The van der Waals surface area contributed by atoms with Gasteiger partial charge in [-0.3, -0.25) is 14.7 Å². The molecule has 9 heteroatoms. The third-order valence-electron chi connectivity index (χ3n) is 6.26. The standard InChI is InChI=1S/C28H28N4O4S/c33-27(23-5-2-12-29-16-23)19-31-18-25-10-8-22-14-21(9-11-28(22)36-25)20-4-1-7-26(15-20)37(34,35)32-24-6-3-13-30-17-24/h1-7,9,11-17,25,27,31-33H,8,10,18-19H2. The normalized spacial score (nSPS) is 15.9. The molecule has 0 aliphatic carbocycles. The zero-order valence-corrected chi connectivity index (χ0v) is 20.9. The van der Waals surface area contributed by atoms with Gasteiger partial charge in [-0.25, -0.2) is 8.42 Å².